The number of nitrogens with zero attached hydrogens (tertiary/aromatic N) is 3. The third kappa shape index (κ3) is 1.96. The van der Waals surface area contributed by atoms with E-state index in [2.05, 4.69) is 5.10 Å². The first-order valence-corrected chi connectivity index (χ1v) is 5.68. The molecule has 1 aliphatic heterocycles. The van der Waals surface area contributed by atoms with Gasteiger partial charge in [-0.15, -0.1) is 0 Å². The molecule has 1 aromatic rings. The minimum absolute atomic E-state index is 0.224. The molecule has 0 radical (unpaired) electrons. The fraction of sp³-hybridized carbons (Fsp3) is 0.667. The molecule has 0 N–H and O–H groups in total. The lowest BCUT2D eigenvalue weighted by Gasteiger charge is -2.31. The number of hydrogen-bond acceptors (Lipinski definition) is 2. The average molecular weight is 221 g/mol. The second-order valence-corrected chi connectivity index (χ2v) is 5.50. The summed E-state index contributed by atoms with van der Waals surface area (Å²) in [7, 11) is 1.92. The van der Waals surface area contributed by atoms with Crippen molar-refractivity contribution >= 4 is 5.91 Å². The Morgan fingerprint density at radius 1 is 1.44 bits per heavy atom. The van der Waals surface area contributed by atoms with Crippen molar-refractivity contribution in [3.8, 4) is 0 Å². The van der Waals surface area contributed by atoms with E-state index in [4.69, 9.17) is 0 Å². The normalized spacial score (nSPS) is 16.1. The number of carbonyl (C=O) groups is 1. The number of rotatable bonds is 0. The molecule has 0 atom stereocenters. The molecule has 0 bridgehead atoms. The molecule has 1 aliphatic rings. The van der Waals surface area contributed by atoms with E-state index in [-0.39, 0.29) is 11.3 Å². The zero-order valence-corrected chi connectivity index (χ0v) is 10.4. The summed E-state index contributed by atoms with van der Waals surface area (Å²) in [5.74, 6) is 0.224. The summed E-state index contributed by atoms with van der Waals surface area (Å²) >= 11 is 0. The highest BCUT2D eigenvalue weighted by atomic mass is 16.2. The Morgan fingerprint density at radius 3 is 2.75 bits per heavy atom. The van der Waals surface area contributed by atoms with Crippen molar-refractivity contribution in [1.82, 2.24) is 14.7 Å². The second kappa shape index (κ2) is 3.61. The summed E-state index contributed by atoms with van der Waals surface area (Å²) in [6.45, 7) is 7.40. The van der Waals surface area contributed by atoms with E-state index in [0.29, 0.717) is 6.54 Å². The van der Waals surface area contributed by atoms with Gasteiger partial charge in [0.15, 0.2) is 0 Å². The molecule has 0 aliphatic carbocycles. The van der Waals surface area contributed by atoms with Gasteiger partial charge in [0.05, 0.1) is 5.69 Å². The van der Waals surface area contributed by atoms with Crippen LogP contribution in [0.2, 0.25) is 0 Å². The molecule has 1 amide bonds. The first-order chi connectivity index (χ1) is 7.38. The van der Waals surface area contributed by atoms with Crippen molar-refractivity contribution < 1.29 is 4.79 Å². The number of carbonyl (C=O) groups excluding carboxylic acids is 1. The Morgan fingerprint density at radius 2 is 2.12 bits per heavy atom. The van der Waals surface area contributed by atoms with E-state index < -0.39 is 0 Å². The monoisotopic (exact) mass is 221 g/mol. The fourth-order valence-corrected chi connectivity index (χ4v) is 2.10. The van der Waals surface area contributed by atoms with E-state index in [1.165, 1.54) is 5.56 Å². The summed E-state index contributed by atoms with van der Waals surface area (Å²) in [4.78, 5) is 14.1. The van der Waals surface area contributed by atoms with Crippen LogP contribution in [0.4, 0.5) is 0 Å². The number of amides is 1. The van der Waals surface area contributed by atoms with Gasteiger partial charge in [-0.2, -0.15) is 5.10 Å². The molecule has 0 unspecified atom stereocenters. The maximum Gasteiger partial charge on any atom is 0.228 e. The van der Waals surface area contributed by atoms with Crippen molar-refractivity contribution in [3.05, 3.63) is 17.5 Å². The lowest BCUT2D eigenvalue weighted by molar-refractivity contribution is -0.140. The van der Waals surface area contributed by atoms with Crippen LogP contribution in [-0.4, -0.2) is 27.1 Å². The largest absolute Gasteiger partial charge is 0.337 e. The van der Waals surface area contributed by atoms with E-state index in [1.54, 1.807) is 0 Å². The third-order valence-corrected chi connectivity index (χ3v) is 2.90. The van der Waals surface area contributed by atoms with Crippen molar-refractivity contribution in [1.29, 1.82) is 0 Å². The molecule has 2 rings (SSSR count). The van der Waals surface area contributed by atoms with Crippen molar-refractivity contribution in [3.63, 3.8) is 0 Å². The maximum absolute atomic E-state index is 12.1. The van der Waals surface area contributed by atoms with Gasteiger partial charge < -0.3 is 4.90 Å². The molecule has 2 heterocycles. The van der Waals surface area contributed by atoms with E-state index in [1.807, 2.05) is 43.6 Å². The fourth-order valence-electron chi connectivity index (χ4n) is 2.10. The van der Waals surface area contributed by atoms with E-state index in [9.17, 15) is 4.79 Å². The lowest BCUT2D eigenvalue weighted by Crippen LogP contribution is -2.42. The average Bonchev–Trinajstić information content (AvgIpc) is 2.54. The lowest BCUT2D eigenvalue weighted by atomic mass is 9.93. The highest BCUT2D eigenvalue weighted by Crippen LogP contribution is 2.23. The summed E-state index contributed by atoms with van der Waals surface area (Å²) in [5, 5.41) is 4.39. The van der Waals surface area contributed by atoms with Crippen molar-refractivity contribution in [2.45, 2.75) is 33.7 Å². The summed E-state index contributed by atoms with van der Waals surface area (Å²) in [6.07, 6.45) is 2.88. The zero-order chi connectivity index (χ0) is 11.9. The predicted octanol–water partition coefficient (Wildman–Crippen LogP) is 1.35. The van der Waals surface area contributed by atoms with Gasteiger partial charge in [0.25, 0.3) is 0 Å². The van der Waals surface area contributed by atoms with Crippen molar-refractivity contribution in [2.75, 3.05) is 6.54 Å². The highest BCUT2D eigenvalue weighted by molar-refractivity contribution is 5.81. The minimum atomic E-state index is -0.292. The molecule has 0 saturated heterocycles. The smallest absolute Gasteiger partial charge is 0.228 e. The van der Waals surface area contributed by atoms with Crippen LogP contribution in [0.5, 0.6) is 0 Å². The molecule has 0 aromatic carbocycles. The molecule has 0 spiro atoms. The van der Waals surface area contributed by atoms with E-state index in [0.717, 1.165) is 18.7 Å². The van der Waals surface area contributed by atoms with Crippen LogP contribution in [0.25, 0.3) is 0 Å². The Kier molecular flexibility index (Phi) is 2.52. The standard InChI is InChI=1S/C12H19N3O/c1-12(2,3)11(16)15-6-5-10-9(8-15)7-14(4)13-10/h7H,5-6,8H2,1-4H3. The van der Waals surface area contributed by atoms with Gasteiger partial charge in [-0.1, -0.05) is 20.8 Å². The van der Waals surface area contributed by atoms with Gasteiger partial charge >= 0.3 is 0 Å². The third-order valence-electron chi connectivity index (χ3n) is 2.90. The van der Waals surface area contributed by atoms with Gasteiger partial charge in [0.1, 0.15) is 0 Å². The SMILES string of the molecule is Cn1cc2c(n1)CCN(C(=O)C(C)(C)C)C2. The van der Waals surface area contributed by atoms with Crippen LogP contribution in [0, 0.1) is 5.41 Å². The molecule has 0 saturated carbocycles. The van der Waals surface area contributed by atoms with E-state index >= 15 is 0 Å². The molecular weight excluding hydrogens is 202 g/mol. The van der Waals surface area contributed by atoms with Gasteiger partial charge in [-0.3, -0.25) is 9.48 Å². The summed E-state index contributed by atoms with van der Waals surface area (Å²) in [5.41, 5.74) is 2.03. The Balaban J connectivity index is 2.17. The van der Waals surface area contributed by atoms with Gasteiger partial charge in [-0.25, -0.2) is 0 Å². The molecule has 0 fully saturated rings. The molecule has 4 nitrogen and oxygen atoms in total. The Bertz CT molecular complexity index is 414. The van der Waals surface area contributed by atoms with Crippen LogP contribution in [0.3, 0.4) is 0 Å². The Hall–Kier alpha value is -1.32. The molecule has 16 heavy (non-hydrogen) atoms. The molecular formula is C12H19N3O. The quantitative estimate of drug-likeness (QED) is 0.663. The summed E-state index contributed by atoms with van der Waals surface area (Å²) in [6, 6.07) is 0. The molecule has 1 aromatic heterocycles. The summed E-state index contributed by atoms with van der Waals surface area (Å²) < 4.78 is 1.83. The topological polar surface area (TPSA) is 38.1 Å². The van der Waals surface area contributed by atoms with Crippen molar-refractivity contribution in [2.24, 2.45) is 12.5 Å². The number of hydrogen-bond donors (Lipinski definition) is 0. The number of aryl methyl sites for hydroxylation is 1. The van der Waals surface area contributed by atoms with Crippen LogP contribution in [-0.2, 0) is 24.8 Å². The first kappa shape index (κ1) is 11.2. The van der Waals surface area contributed by atoms with Crippen LogP contribution < -0.4 is 0 Å². The molecule has 88 valence electrons. The van der Waals surface area contributed by atoms with Gasteiger partial charge in [0.2, 0.25) is 5.91 Å². The highest BCUT2D eigenvalue weighted by Gasteiger charge is 2.30. The van der Waals surface area contributed by atoms with Crippen LogP contribution >= 0.6 is 0 Å². The second-order valence-electron chi connectivity index (χ2n) is 5.50. The van der Waals surface area contributed by atoms with Gasteiger partial charge in [-0.05, 0) is 0 Å². The van der Waals surface area contributed by atoms with Gasteiger partial charge in [0, 0.05) is 43.7 Å². The number of fused-ring (bicyclic) bond motifs is 1. The first-order valence-electron chi connectivity index (χ1n) is 5.68. The molecule has 4 heteroatoms. The Labute approximate surface area is 96.2 Å². The zero-order valence-electron chi connectivity index (χ0n) is 10.4. The van der Waals surface area contributed by atoms with Crippen LogP contribution in [0.1, 0.15) is 32.0 Å². The maximum atomic E-state index is 12.1. The van der Waals surface area contributed by atoms with Crippen LogP contribution in [0.15, 0.2) is 6.20 Å². The number of aromatic nitrogens is 2. The predicted molar refractivity (Wildman–Crippen MR) is 61.8 cm³/mol. The minimum Gasteiger partial charge on any atom is -0.337 e.